The normalized spacial score (nSPS) is 21.4. The topological polar surface area (TPSA) is 36.4 Å². The quantitative estimate of drug-likeness (QED) is 0.369. The molecule has 1 aromatic carbocycles. The van der Waals surface area contributed by atoms with Crippen LogP contribution in [0.15, 0.2) is 27.7 Å². The van der Waals surface area contributed by atoms with E-state index < -0.39 is 0 Å². The Morgan fingerprint density at radius 1 is 1.45 bits per heavy atom. The fraction of sp³-hybridized carbons (Fsp3) is 0.533. The molecule has 22 heavy (non-hydrogen) atoms. The summed E-state index contributed by atoms with van der Waals surface area (Å²) in [6.07, 6.45) is 5.73. The first kappa shape index (κ1) is 20.0. The molecule has 2 atom stereocenters. The predicted octanol–water partition coefficient (Wildman–Crippen LogP) is 4.16. The van der Waals surface area contributed by atoms with Crippen LogP contribution in [0.4, 0.5) is 4.39 Å². The van der Waals surface area contributed by atoms with Crippen molar-refractivity contribution < 1.29 is 4.39 Å². The number of aliphatic imine (C=N–C) groups is 1. The summed E-state index contributed by atoms with van der Waals surface area (Å²) >= 11 is 5.29. The highest BCUT2D eigenvalue weighted by molar-refractivity contribution is 14.0. The lowest BCUT2D eigenvalue weighted by molar-refractivity contribution is 0.594. The summed E-state index contributed by atoms with van der Waals surface area (Å²) in [5.74, 6) is 0.533. The number of thioether (sulfide) groups is 1. The molecule has 1 fully saturated rings. The molecule has 0 spiro atoms. The van der Waals surface area contributed by atoms with Gasteiger partial charge in [0.2, 0.25) is 0 Å². The van der Waals surface area contributed by atoms with Crippen molar-refractivity contribution in [3.63, 3.8) is 0 Å². The molecule has 2 rings (SSSR count). The van der Waals surface area contributed by atoms with Crippen LogP contribution in [-0.4, -0.2) is 30.6 Å². The lowest BCUT2D eigenvalue weighted by Gasteiger charge is -2.17. The second kappa shape index (κ2) is 9.97. The van der Waals surface area contributed by atoms with Gasteiger partial charge >= 0.3 is 0 Å². The Morgan fingerprint density at radius 3 is 2.86 bits per heavy atom. The molecule has 2 N–H and O–H groups in total. The van der Waals surface area contributed by atoms with Crippen molar-refractivity contribution in [1.29, 1.82) is 0 Å². The third-order valence-electron chi connectivity index (χ3n) is 3.74. The van der Waals surface area contributed by atoms with Gasteiger partial charge in [-0.25, -0.2) is 4.39 Å². The monoisotopic (exact) mass is 501 g/mol. The highest BCUT2D eigenvalue weighted by atomic mass is 127. The van der Waals surface area contributed by atoms with Crippen LogP contribution in [0.5, 0.6) is 0 Å². The lowest BCUT2D eigenvalue weighted by Crippen LogP contribution is -2.42. The number of nitrogens with one attached hydrogen (secondary N) is 2. The zero-order valence-electron chi connectivity index (χ0n) is 12.7. The Balaban J connectivity index is 0.00000242. The zero-order chi connectivity index (χ0) is 15.2. The van der Waals surface area contributed by atoms with Gasteiger partial charge in [0.15, 0.2) is 5.96 Å². The summed E-state index contributed by atoms with van der Waals surface area (Å²) in [5.41, 5.74) is 0.626. The van der Waals surface area contributed by atoms with Gasteiger partial charge in [-0.1, -0.05) is 15.9 Å². The number of nitrogens with zero attached hydrogens (tertiary/aromatic N) is 1. The first-order valence-corrected chi connectivity index (χ1v) is 9.14. The van der Waals surface area contributed by atoms with Gasteiger partial charge in [0.1, 0.15) is 5.82 Å². The molecule has 0 heterocycles. The molecule has 7 heteroatoms. The van der Waals surface area contributed by atoms with Crippen molar-refractivity contribution in [3.8, 4) is 0 Å². The number of guanidine groups is 1. The molecule has 0 saturated heterocycles. The predicted molar refractivity (Wildman–Crippen MR) is 108 cm³/mol. The van der Waals surface area contributed by atoms with Gasteiger partial charge in [-0.3, -0.25) is 4.99 Å². The molecule has 1 aliphatic carbocycles. The maximum atomic E-state index is 13.7. The van der Waals surface area contributed by atoms with E-state index in [9.17, 15) is 4.39 Å². The third-order valence-corrected chi connectivity index (χ3v) is 5.32. The average Bonchev–Trinajstić information content (AvgIpc) is 2.94. The second-order valence-electron chi connectivity index (χ2n) is 5.17. The standard InChI is InChI=1S/C15H21BrFN3S.HI/c1-18-15(20-12-4-5-13(8-12)21-2)19-9-10-7-11(16)3-6-14(10)17;/h3,6-7,12-13H,4-5,8-9H2,1-2H3,(H2,18,19,20);1H. The van der Waals surface area contributed by atoms with Crippen molar-refractivity contribution >= 4 is 57.6 Å². The van der Waals surface area contributed by atoms with Crippen LogP contribution < -0.4 is 10.6 Å². The Hall–Kier alpha value is -0.0200. The van der Waals surface area contributed by atoms with E-state index in [1.54, 1.807) is 19.2 Å². The van der Waals surface area contributed by atoms with Crippen LogP contribution in [0.2, 0.25) is 0 Å². The fourth-order valence-corrected chi connectivity index (χ4v) is 3.74. The molecule has 0 bridgehead atoms. The Morgan fingerprint density at radius 2 is 2.23 bits per heavy atom. The van der Waals surface area contributed by atoms with E-state index in [1.165, 1.54) is 12.5 Å². The zero-order valence-corrected chi connectivity index (χ0v) is 17.5. The molecule has 3 nitrogen and oxygen atoms in total. The van der Waals surface area contributed by atoms with Gasteiger partial charge in [0.05, 0.1) is 0 Å². The minimum atomic E-state index is -0.204. The van der Waals surface area contributed by atoms with Crippen molar-refractivity contribution in [3.05, 3.63) is 34.1 Å². The van der Waals surface area contributed by atoms with Crippen molar-refractivity contribution in [2.24, 2.45) is 4.99 Å². The van der Waals surface area contributed by atoms with E-state index in [1.807, 2.05) is 11.8 Å². The van der Waals surface area contributed by atoms with Crippen molar-refractivity contribution in [2.75, 3.05) is 13.3 Å². The summed E-state index contributed by atoms with van der Waals surface area (Å²) in [6, 6.07) is 5.42. The maximum absolute atomic E-state index is 13.7. The Labute approximate surface area is 161 Å². The number of rotatable bonds is 4. The maximum Gasteiger partial charge on any atom is 0.191 e. The molecule has 0 radical (unpaired) electrons. The first-order chi connectivity index (χ1) is 10.1. The van der Waals surface area contributed by atoms with E-state index >= 15 is 0 Å². The first-order valence-electron chi connectivity index (χ1n) is 7.06. The van der Waals surface area contributed by atoms with Crippen LogP contribution in [0.1, 0.15) is 24.8 Å². The minimum Gasteiger partial charge on any atom is -0.354 e. The summed E-state index contributed by atoms with van der Waals surface area (Å²) in [4.78, 5) is 4.22. The van der Waals surface area contributed by atoms with Crippen molar-refractivity contribution in [1.82, 2.24) is 10.6 Å². The van der Waals surface area contributed by atoms with Crippen LogP contribution in [0.25, 0.3) is 0 Å². The molecule has 1 aliphatic rings. The number of benzene rings is 1. The molecular weight excluding hydrogens is 480 g/mol. The van der Waals surface area contributed by atoms with Gasteiger partial charge in [-0.05, 0) is 43.7 Å². The van der Waals surface area contributed by atoms with Crippen LogP contribution in [0.3, 0.4) is 0 Å². The summed E-state index contributed by atoms with van der Waals surface area (Å²) in [6.45, 7) is 0.420. The molecule has 1 saturated carbocycles. The lowest BCUT2D eigenvalue weighted by atomic mass is 10.2. The van der Waals surface area contributed by atoms with Crippen LogP contribution in [-0.2, 0) is 6.54 Å². The summed E-state index contributed by atoms with van der Waals surface area (Å²) in [5, 5.41) is 7.35. The molecule has 1 aromatic rings. The van der Waals surface area contributed by atoms with Gasteiger partial charge in [-0.15, -0.1) is 24.0 Å². The minimum absolute atomic E-state index is 0. The van der Waals surface area contributed by atoms with Crippen molar-refractivity contribution in [2.45, 2.75) is 37.1 Å². The third kappa shape index (κ3) is 5.88. The van der Waals surface area contributed by atoms with E-state index in [2.05, 4.69) is 37.8 Å². The van der Waals surface area contributed by atoms with Gasteiger partial charge < -0.3 is 10.6 Å². The van der Waals surface area contributed by atoms with Gasteiger partial charge in [0.25, 0.3) is 0 Å². The molecular formula is C15H22BrFIN3S. The van der Waals surface area contributed by atoms with E-state index in [4.69, 9.17) is 0 Å². The number of halogens is 3. The average molecular weight is 502 g/mol. The molecule has 124 valence electrons. The van der Waals surface area contributed by atoms with E-state index in [0.717, 1.165) is 28.5 Å². The highest BCUT2D eigenvalue weighted by Crippen LogP contribution is 2.28. The SMILES string of the molecule is CN=C(NCc1cc(Br)ccc1F)NC1CCC(SC)C1.I. The molecule has 2 unspecified atom stereocenters. The summed E-state index contributed by atoms with van der Waals surface area (Å²) in [7, 11) is 1.74. The summed E-state index contributed by atoms with van der Waals surface area (Å²) < 4.78 is 14.6. The molecule has 0 amide bonds. The van der Waals surface area contributed by atoms with E-state index in [0.29, 0.717) is 18.2 Å². The van der Waals surface area contributed by atoms with Gasteiger partial charge in [-0.2, -0.15) is 11.8 Å². The number of hydrogen-bond donors (Lipinski definition) is 2. The Bertz CT molecular complexity index is 516. The molecule has 0 aliphatic heterocycles. The largest absolute Gasteiger partial charge is 0.354 e. The molecule has 0 aromatic heterocycles. The second-order valence-corrected chi connectivity index (χ2v) is 7.23. The smallest absolute Gasteiger partial charge is 0.191 e. The van der Waals surface area contributed by atoms with E-state index in [-0.39, 0.29) is 29.8 Å². The highest BCUT2D eigenvalue weighted by Gasteiger charge is 2.24. The van der Waals surface area contributed by atoms with Crippen LogP contribution in [0, 0.1) is 5.82 Å². The fourth-order valence-electron chi connectivity index (χ4n) is 2.53. The van der Waals surface area contributed by atoms with Crippen LogP contribution >= 0.6 is 51.7 Å². The Kier molecular flexibility index (Phi) is 9.08. The number of hydrogen-bond acceptors (Lipinski definition) is 2. The van der Waals surface area contributed by atoms with Gasteiger partial charge in [0, 0.05) is 34.9 Å².